The number of allylic oxidation sites excluding steroid dienone is 4. The van der Waals surface area contributed by atoms with Gasteiger partial charge in [0.05, 0.1) is 53.9 Å². The number of ether oxygens (including phenoxy) is 1. The molecule has 0 amide bonds. The molecule has 2 atom stereocenters. The molecule has 38 heavy (non-hydrogen) atoms. The molecule has 2 aliphatic carbocycles. The van der Waals surface area contributed by atoms with Crippen LogP contribution in [0, 0.1) is 0 Å². The Kier molecular flexibility index (Phi) is 7.74. The largest absolute Gasteiger partial charge is 0.379 e. The van der Waals surface area contributed by atoms with E-state index in [1.54, 1.807) is 6.20 Å². The van der Waals surface area contributed by atoms with Gasteiger partial charge in [-0.15, -0.1) is 0 Å². The second-order valence-corrected chi connectivity index (χ2v) is 11.0. The molecule has 0 spiro atoms. The molecule has 1 saturated heterocycles. The number of nitrogens with zero attached hydrogens (tertiary/aromatic N) is 4. The lowest BCUT2D eigenvalue weighted by molar-refractivity contribution is 0.0457. The first-order valence-electron chi connectivity index (χ1n) is 14.3. The van der Waals surface area contributed by atoms with Crippen molar-refractivity contribution in [3.8, 4) is 0 Å². The molecular weight excluding hydrogens is 472 g/mol. The lowest BCUT2D eigenvalue weighted by Crippen LogP contribution is -2.50. The van der Waals surface area contributed by atoms with Crippen molar-refractivity contribution in [1.82, 2.24) is 9.88 Å². The summed E-state index contributed by atoms with van der Waals surface area (Å²) in [5.41, 5.74) is 8.28. The molecule has 7 heteroatoms. The molecule has 2 unspecified atom stereocenters. The fourth-order valence-corrected chi connectivity index (χ4v) is 6.17. The Balaban J connectivity index is 1.39. The third kappa shape index (κ3) is 5.64. The van der Waals surface area contributed by atoms with E-state index in [0.29, 0.717) is 12.1 Å². The quantitative estimate of drug-likeness (QED) is 0.436. The fourth-order valence-electron chi connectivity index (χ4n) is 6.17. The first kappa shape index (κ1) is 25.1. The zero-order valence-corrected chi connectivity index (χ0v) is 22.5. The number of morpholine rings is 1. The summed E-state index contributed by atoms with van der Waals surface area (Å²) in [5.74, 6) is 0. The molecule has 1 saturated carbocycles. The van der Waals surface area contributed by atoms with E-state index in [0.717, 1.165) is 62.8 Å². The number of hydrogen-bond donors (Lipinski definition) is 2. The number of nitrogens with one attached hydrogen (secondary N) is 2. The Bertz CT molecular complexity index is 1200. The Morgan fingerprint density at radius 3 is 2.84 bits per heavy atom. The lowest BCUT2D eigenvalue weighted by Gasteiger charge is -2.46. The van der Waals surface area contributed by atoms with Gasteiger partial charge < -0.3 is 20.3 Å². The van der Waals surface area contributed by atoms with Gasteiger partial charge in [0.1, 0.15) is 0 Å². The number of rotatable bonds is 6. The maximum absolute atomic E-state index is 5.52. The topological polar surface area (TPSA) is 65.0 Å². The molecule has 3 heterocycles. The highest BCUT2D eigenvalue weighted by molar-refractivity contribution is 5.89. The molecule has 2 aromatic rings. The average Bonchev–Trinajstić information content (AvgIpc) is 3.19. The Morgan fingerprint density at radius 1 is 1.13 bits per heavy atom. The van der Waals surface area contributed by atoms with Crippen LogP contribution in [0.15, 0.2) is 65.1 Å². The van der Waals surface area contributed by atoms with Crippen molar-refractivity contribution in [2.75, 3.05) is 48.4 Å². The van der Waals surface area contributed by atoms with Crippen molar-refractivity contribution < 1.29 is 4.74 Å². The van der Waals surface area contributed by atoms with Crippen LogP contribution in [0.2, 0.25) is 0 Å². The van der Waals surface area contributed by atoms with Crippen LogP contribution in [0.25, 0.3) is 0 Å². The molecule has 2 N–H and O–H groups in total. The van der Waals surface area contributed by atoms with Crippen LogP contribution in [0.5, 0.6) is 0 Å². The number of hydrogen-bond acceptors (Lipinski definition) is 7. The van der Waals surface area contributed by atoms with E-state index < -0.39 is 0 Å². The van der Waals surface area contributed by atoms with Gasteiger partial charge in [-0.1, -0.05) is 30.9 Å². The van der Waals surface area contributed by atoms with Crippen LogP contribution in [0.1, 0.15) is 51.9 Å². The van der Waals surface area contributed by atoms with E-state index in [1.807, 2.05) is 12.3 Å². The summed E-state index contributed by atoms with van der Waals surface area (Å²) < 4.78 is 5.52. The zero-order valence-electron chi connectivity index (χ0n) is 22.5. The molecule has 200 valence electrons. The summed E-state index contributed by atoms with van der Waals surface area (Å²) in [4.78, 5) is 14.4. The molecule has 2 aliphatic heterocycles. The number of fused-ring (bicyclic) bond motifs is 2. The monoisotopic (exact) mass is 512 g/mol. The van der Waals surface area contributed by atoms with Crippen LogP contribution in [-0.4, -0.2) is 61.0 Å². The summed E-state index contributed by atoms with van der Waals surface area (Å²) in [6.45, 7) is 6.58. The van der Waals surface area contributed by atoms with Gasteiger partial charge in [-0.2, -0.15) is 0 Å². The fraction of sp³-hybridized carbons (Fsp3) is 0.484. The highest BCUT2D eigenvalue weighted by atomic mass is 16.5. The molecule has 6 rings (SSSR count). The molecule has 0 radical (unpaired) electrons. The summed E-state index contributed by atoms with van der Waals surface area (Å²) in [7, 11) is 0. The molecule has 2 fully saturated rings. The van der Waals surface area contributed by atoms with Crippen molar-refractivity contribution >= 4 is 34.7 Å². The summed E-state index contributed by atoms with van der Waals surface area (Å²) in [5, 5.41) is 7.57. The highest BCUT2D eigenvalue weighted by Crippen LogP contribution is 2.46. The molecule has 1 aromatic heterocycles. The van der Waals surface area contributed by atoms with E-state index in [4.69, 9.17) is 9.73 Å². The van der Waals surface area contributed by atoms with Gasteiger partial charge in [0.25, 0.3) is 0 Å². The average molecular weight is 513 g/mol. The normalized spacial score (nSPS) is 24.1. The molecule has 0 bridgehead atoms. The molecule has 7 nitrogen and oxygen atoms in total. The summed E-state index contributed by atoms with van der Waals surface area (Å²) >= 11 is 0. The highest BCUT2D eigenvalue weighted by Gasteiger charge is 2.37. The minimum atomic E-state index is 0.458. The Hall–Kier alpha value is -3.16. The van der Waals surface area contributed by atoms with Crippen LogP contribution in [-0.2, 0) is 4.74 Å². The first-order valence-corrected chi connectivity index (χ1v) is 14.3. The van der Waals surface area contributed by atoms with Gasteiger partial charge in [0.2, 0.25) is 0 Å². The van der Waals surface area contributed by atoms with E-state index in [9.17, 15) is 0 Å². The van der Waals surface area contributed by atoms with Gasteiger partial charge in [-0.05, 0) is 62.9 Å². The predicted molar refractivity (Wildman–Crippen MR) is 157 cm³/mol. The third-order valence-corrected chi connectivity index (χ3v) is 8.29. The third-order valence-electron chi connectivity index (χ3n) is 8.29. The smallest absolute Gasteiger partial charge is 0.0883 e. The number of aromatic nitrogens is 1. The Morgan fingerprint density at radius 2 is 2.03 bits per heavy atom. The number of pyridine rings is 1. The number of aliphatic imine (C=N–C) groups is 1. The maximum Gasteiger partial charge on any atom is 0.0883 e. The maximum atomic E-state index is 5.52. The standard InChI is InChI=1S/C31H40N6O/c1-23-9-11-25(12-10-23)37-30-8-4-2-3-7-26(30)35-29-20-28(34-24-6-5-13-32-22-24)27(21-31(29)37)33-14-15-36-16-18-38-19-17-36/h5-6,9,11,13-14,20-22,26,30,34-35H,2-4,7-8,10,12,15-19H2,1H3. The van der Waals surface area contributed by atoms with E-state index in [-0.39, 0.29) is 0 Å². The van der Waals surface area contributed by atoms with Gasteiger partial charge in [0.15, 0.2) is 0 Å². The minimum Gasteiger partial charge on any atom is -0.379 e. The van der Waals surface area contributed by atoms with Crippen molar-refractivity contribution in [3.05, 3.63) is 60.1 Å². The molecular formula is C31H40N6O. The zero-order chi connectivity index (χ0) is 25.7. The van der Waals surface area contributed by atoms with Crippen molar-refractivity contribution in [2.45, 2.75) is 64.0 Å². The van der Waals surface area contributed by atoms with Gasteiger partial charge in [0, 0.05) is 43.8 Å². The first-order chi connectivity index (χ1) is 18.7. The van der Waals surface area contributed by atoms with Gasteiger partial charge in [-0.3, -0.25) is 14.9 Å². The summed E-state index contributed by atoms with van der Waals surface area (Å²) in [6, 6.07) is 9.51. The second-order valence-electron chi connectivity index (χ2n) is 11.0. The minimum absolute atomic E-state index is 0.458. The van der Waals surface area contributed by atoms with Crippen LogP contribution in [0.4, 0.5) is 28.4 Å². The lowest BCUT2D eigenvalue weighted by atomic mass is 9.92. The predicted octanol–water partition coefficient (Wildman–Crippen LogP) is 6.42. The van der Waals surface area contributed by atoms with Crippen molar-refractivity contribution in [1.29, 1.82) is 0 Å². The van der Waals surface area contributed by atoms with Crippen molar-refractivity contribution in [2.24, 2.45) is 4.99 Å². The summed E-state index contributed by atoms with van der Waals surface area (Å²) in [6.07, 6.45) is 19.0. The van der Waals surface area contributed by atoms with E-state index in [1.165, 1.54) is 54.7 Å². The second kappa shape index (κ2) is 11.7. The van der Waals surface area contributed by atoms with Crippen molar-refractivity contribution in [3.63, 3.8) is 0 Å². The SMILES string of the molecule is CC1=CC=C(N2c3cc(N=CCN4CCOCC4)c(Nc4cccnc4)cc3NC3CCCCCC32)CC1. The van der Waals surface area contributed by atoms with E-state index >= 15 is 0 Å². The van der Waals surface area contributed by atoms with Gasteiger partial charge >= 0.3 is 0 Å². The van der Waals surface area contributed by atoms with Crippen LogP contribution in [0.3, 0.4) is 0 Å². The van der Waals surface area contributed by atoms with Crippen LogP contribution < -0.4 is 15.5 Å². The van der Waals surface area contributed by atoms with Crippen LogP contribution >= 0.6 is 0 Å². The van der Waals surface area contributed by atoms with Gasteiger partial charge in [-0.25, -0.2) is 0 Å². The molecule has 1 aromatic carbocycles. The number of anilines is 4. The Labute approximate surface area is 226 Å². The number of benzene rings is 1. The van der Waals surface area contributed by atoms with E-state index in [2.05, 4.69) is 68.9 Å². The molecule has 4 aliphatic rings.